The van der Waals surface area contributed by atoms with Crippen molar-refractivity contribution in [1.29, 1.82) is 0 Å². The molecule has 4 aliphatic carbocycles. The summed E-state index contributed by atoms with van der Waals surface area (Å²) in [5.74, 6) is 1.51. The second-order valence-corrected chi connectivity index (χ2v) is 9.71. The van der Waals surface area contributed by atoms with Crippen molar-refractivity contribution in [1.82, 2.24) is 0 Å². The van der Waals surface area contributed by atoms with Gasteiger partial charge in [0.1, 0.15) is 0 Å². The summed E-state index contributed by atoms with van der Waals surface area (Å²) >= 11 is 0. The quantitative estimate of drug-likeness (QED) is 0.687. The van der Waals surface area contributed by atoms with E-state index < -0.39 is 17.8 Å². The number of hydrogen-bond acceptors (Lipinski definition) is 4. The molecular formula is C20H34O4. The molecule has 0 aromatic heterocycles. The molecule has 4 aliphatic rings. The molecule has 4 fully saturated rings. The van der Waals surface area contributed by atoms with Gasteiger partial charge in [-0.3, -0.25) is 0 Å². The maximum Gasteiger partial charge on any atom is 0.0985 e. The normalized spacial score (nSPS) is 60.2. The van der Waals surface area contributed by atoms with Crippen molar-refractivity contribution in [2.75, 3.05) is 7.11 Å². The molecule has 9 atom stereocenters. The first-order chi connectivity index (χ1) is 11.3. The van der Waals surface area contributed by atoms with Crippen molar-refractivity contribution >= 4 is 0 Å². The Morgan fingerprint density at radius 1 is 0.958 bits per heavy atom. The highest BCUT2D eigenvalue weighted by Gasteiger charge is 2.67. The number of fused-ring (bicyclic) bond motifs is 5. The van der Waals surface area contributed by atoms with Gasteiger partial charge in [-0.2, -0.15) is 0 Å². The van der Waals surface area contributed by atoms with E-state index in [9.17, 15) is 15.3 Å². The highest BCUT2D eigenvalue weighted by Crippen LogP contribution is 2.67. The van der Waals surface area contributed by atoms with E-state index in [0.29, 0.717) is 36.7 Å². The van der Waals surface area contributed by atoms with Crippen LogP contribution in [0.15, 0.2) is 0 Å². The summed E-state index contributed by atoms with van der Waals surface area (Å²) < 4.78 is 5.81. The van der Waals surface area contributed by atoms with Gasteiger partial charge >= 0.3 is 0 Å². The zero-order valence-corrected chi connectivity index (χ0v) is 15.4. The SMILES string of the molecule is COC1CCC2C3CC(O)C4(O)C[C@@H](O)CC[C@]4(C)C3CC[C@]12C. The van der Waals surface area contributed by atoms with Gasteiger partial charge in [0.15, 0.2) is 0 Å². The van der Waals surface area contributed by atoms with Crippen LogP contribution < -0.4 is 0 Å². The molecule has 4 rings (SSSR count). The third-order valence-corrected chi connectivity index (χ3v) is 9.03. The topological polar surface area (TPSA) is 69.9 Å². The number of rotatable bonds is 1. The van der Waals surface area contributed by atoms with Gasteiger partial charge in [0.2, 0.25) is 0 Å². The van der Waals surface area contributed by atoms with Crippen LogP contribution in [0.5, 0.6) is 0 Å². The molecule has 6 unspecified atom stereocenters. The second-order valence-electron chi connectivity index (χ2n) is 9.71. The average molecular weight is 338 g/mol. The van der Waals surface area contributed by atoms with Gasteiger partial charge in [-0.15, -0.1) is 0 Å². The molecule has 0 radical (unpaired) electrons. The monoisotopic (exact) mass is 338 g/mol. The Morgan fingerprint density at radius 2 is 1.71 bits per heavy atom. The van der Waals surface area contributed by atoms with Gasteiger partial charge in [0, 0.05) is 18.9 Å². The van der Waals surface area contributed by atoms with Gasteiger partial charge in [-0.05, 0) is 68.1 Å². The van der Waals surface area contributed by atoms with Crippen molar-refractivity contribution in [2.45, 2.75) is 89.1 Å². The molecular weight excluding hydrogens is 304 g/mol. The van der Waals surface area contributed by atoms with E-state index in [1.165, 1.54) is 6.42 Å². The Morgan fingerprint density at radius 3 is 2.42 bits per heavy atom. The van der Waals surface area contributed by atoms with E-state index >= 15 is 0 Å². The van der Waals surface area contributed by atoms with E-state index in [-0.39, 0.29) is 10.8 Å². The van der Waals surface area contributed by atoms with Crippen molar-refractivity contribution < 1.29 is 20.1 Å². The van der Waals surface area contributed by atoms with Crippen molar-refractivity contribution in [2.24, 2.45) is 28.6 Å². The minimum absolute atomic E-state index is 0.218. The fraction of sp³-hybridized carbons (Fsp3) is 1.00. The summed E-state index contributed by atoms with van der Waals surface area (Å²) in [5.41, 5.74) is -1.18. The lowest BCUT2D eigenvalue weighted by atomic mass is 9.43. The van der Waals surface area contributed by atoms with Crippen LogP contribution in [0.4, 0.5) is 0 Å². The smallest absolute Gasteiger partial charge is 0.0985 e. The molecule has 0 saturated heterocycles. The van der Waals surface area contributed by atoms with Gasteiger partial charge in [0.05, 0.1) is 23.9 Å². The zero-order valence-electron chi connectivity index (χ0n) is 15.4. The van der Waals surface area contributed by atoms with E-state index in [2.05, 4.69) is 13.8 Å². The van der Waals surface area contributed by atoms with Gasteiger partial charge in [0.25, 0.3) is 0 Å². The minimum atomic E-state index is -1.13. The van der Waals surface area contributed by atoms with E-state index in [0.717, 1.165) is 32.1 Å². The number of methoxy groups -OCH3 is 1. The van der Waals surface area contributed by atoms with Crippen LogP contribution in [0.2, 0.25) is 0 Å². The molecule has 3 N–H and O–H groups in total. The summed E-state index contributed by atoms with van der Waals surface area (Å²) in [6.45, 7) is 4.57. The third kappa shape index (κ3) is 2.00. The van der Waals surface area contributed by atoms with Crippen LogP contribution in [0.25, 0.3) is 0 Å². The lowest BCUT2D eigenvalue weighted by Crippen LogP contribution is -2.68. The highest BCUT2D eigenvalue weighted by atomic mass is 16.5. The van der Waals surface area contributed by atoms with Crippen LogP contribution in [0.3, 0.4) is 0 Å². The molecule has 24 heavy (non-hydrogen) atoms. The fourth-order valence-corrected chi connectivity index (χ4v) is 7.60. The van der Waals surface area contributed by atoms with Crippen molar-refractivity contribution in [3.8, 4) is 0 Å². The van der Waals surface area contributed by atoms with E-state index in [1.54, 1.807) is 0 Å². The van der Waals surface area contributed by atoms with E-state index in [1.807, 2.05) is 7.11 Å². The molecule has 0 aromatic rings. The Hall–Kier alpha value is -0.160. The average Bonchev–Trinajstić information content (AvgIpc) is 2.87. The summed E-state index contributed by atoms with van der Waals surface area (Å²) in [7, 11) is 1.84. The Balaban J connectivity index is 1.69. The number of ether oxygens (including phenoxy) is 1. The van der Waals surface area contributed by atoms with Crippen molar-refractivity contribution in [3.05, 3.63) is 0 Å². The minimum Gasteiger partial charge on any atom is -0.393 e. The second kappa shape index (κ2) is 5.42. The molecule has 4 saturated carbocycles. The molecule has 0 aliphatic heterocycles. The lowest BCUT2D eigenvalue weighted by molar-refractivity contribution is -0.265. The number of aliphatic hydroxyl groups excluding tert-OH is 2. The fourth-order valence-electron chi connectivity index (χ4n) is 7.60. The summed E-state index contributed by atoms with van der Waals surface area (Å²) in [5, 5.41) is 32.4. The predicted octanol–water partition coefficient (Wildman–Crippen LogP) is 2.49. The first kappa shape index (κ1) is 17.3. The molecule has 0 heterocycles. The molecule has 0 aromatic carbocycles. The molecule has 0 bridgehead atoms. The summed E-state index contributed by atoms with van der Waals surface area (Å²) in [4.78, 5) is 0. The van der Waals surface area contributed by atoms with Crippen LogP contribution in [0.1, 0.15) is 65.2 Å². The molecule has 4 nitrogen and oxygen atoms in total. The molecule has 4 heteroatoms. The van der Waals surface area contributed by atoms with Crippen LogP contribution >= 0.6 is 0 Å². The molecule has 138 valence electrons. The molecule has 0 spiro atoms. The van der Waals surface area contributed by atoms with Crippen LogP contribution in [-0.4, -0.2) is 46.3 Å². The van der Waals surface area contributed by atoms with Gasteiger partial charge in [-0.1, -0.05) is 13.8 Å². The van der Waals surface area contributed by atoms with Gasteiger partial charge in [-0.25, -0.2) is 0 Å². The van der Waals surface area contributed by atoms with Crippen molar-refractivity contribution in [3.63, 3.8) is 0 Å². The van der Waals surface area contributed by atoms with Crippen LogP contribution in [-0.2, 0) is 4.74 Å². The molecule has 0 amide bonds. The standard InChI is InChI=1S/C20H34O4/c1-18-8-7-15-13(14(18)4-5-17(18)24-3)10-16(22)20(23)11-12(21)6-9-19(15,20)2/h12-17,21-23H,4-11H2,1-3H3/t12-,13?,14?,15?,16?,17?,18-,19+,20?/m0/s1. The lowest BCUT2D eigenvalue weighted by Gasteiger charge is -2.65. The Labute approximate surface area is 145 Å². The maximum atomic E-state index is 11.4. The summed E-state index contributed by atoms with van der Waals surface area (Å²) in [6, 6.07) is 0. The maximum absolute atomic E-state index is 11.4. The first-order valence-electron chi connectivity index (χ1n) is 9.87. The number of aliphatic hydroxyl groups is 3. The van der Waals surface area contributed by atoms with Gasteiger partial charge < -0.3 is 20.1 Å². The number of hydrogen-bond donors (Lipinski definition) is 3. The van der Waals surface area contributed by atoms with Crippen LogP contribution in [0, 0.1) is 28.6 Å². The third-order valence-electron chi connectivity index (χ3n) is 9.03. The predicted molar refractivity (Wildman–Crippen MR) is 91.4 cm³/mol. The highest BCUT2D eigenvalue weighted by molar-refractivity contribution is 5.17. The Bertz CT molecular complexity index is 510. The summed E-state index contributed by atoms with van der Waals surface area (Å²) in [6.07, 6.45) is 6.28. The zero-order chi connectivity index (χ0) is 17.3. The van der Waals surface area contributed by atoms with E-state index in [4.69, 9.17) is 4.74 Å². The first-order valence-corrected chi connectivity index (χ1v) is 9.87. The Kier molecular flexibility index (Phi) is 3.90. The largest absolute Gasteiger partial charge is 0.393 e.